The molecule has 7 nitrogen and oxygen atoms in total. The Morgan fingerprint density at radius 2 is 2.33 bits per heavy atom. The van der Waals surface area contributed by atoms with E-state index in [0.717, 1.165) is 35.5 Å². The first kappa shape index (κ1) is 15.1. The van der Waals surface area contributed by atoms with Gasteiger partial charge in [-0.2, -0.15) is 0 Å². The Morgan fingerprint density at radius 3 is 3.12 bits per heavy atom. The van der Waals surface area contributed by atoms with Gasteiger partial charge in [0.15, 0.2) is 0 Å². The number of aromatic nitrogens is 4. The van der Waals surface area contributed by atoms with Crippen molar-refractivity contribution in [3.63, 3.8) is 0 Å². The van der Waals surface area contributed by atoms with Crippen molar-refractivity contribution in [1.82, 2.24) is 24.4 Å². The van der Waals surface area contributed by atoms with Gasteiger partial charge in [-0.15, -0.1) is 11.3 Å². The largest absolute Gasteiger partial charge is 0.370 e. The fourth-order valence-electron chi connectivity index (χ4n) is 3.08. The molecule has 4 heterocycles. The summed E-state index contributed by atoms with van der Waals surface area (Å²) < 4.78 is 1.80. The second-order valence-corrected chi connectivity index (χ2v) is 6.82. The summed E-state index contributed by atoms with van der Waals surface area (Å²) in [6.45, 7) is 4.60. The van der Waals surface area contributed by atoms with Gasteiger partial charge in [0.05, 0.1) is 18.3 Å². The summed E-state index contributed by atoms with van der Waals surface area (Å²) in [6, 6.07) is 0. The van der Waals surface area contributed by atoms with Crippen molar-refractivity contribution in [1.29, 1.82) is 0 Å². The fourth-order valence-corrected chi connectivity index (χ4v) is 4.28. The summed E-state index contributed by atoms with van der Waals surface area (Å²) in [5.41, 5.74) is 1.29. The third-order valence-electron chi connectivity index (χ3n) is 4.21. The van der Waals surface area contributed by atoms with Crippen LogP contribution in [0.2, 0.25) is 0 Å². The number of fused-ring (bicyclic) bond motifs is 3. The van der Waals surface area contributed by atoms with Gasteiger partial charge >= 0.3 is 0 Å². The number of hydrogen-bond acceptors (Lipinski definition) is 6. The summed E-state index contributed by atoms with van der Waals surface area (Å²) in [4.78, 5) is 29.4. The zero-order valence-electron chi connectivity index (χ0n) is 13.4. The first-order valence-electron chi connectivity index (χ1n) is 7.99. The van der Waals surface area contributed by atoms with Crippen molar-refractivity contribution in [3.8, 4) is 0 Å². The van der Waals surface area contributed by atoms with Gasteiger partial charge in [-0.3, -0.25) is 4.79 Å². The van der Waals surface area contributed by atoms with E-state index >= 15 is 0 Å². The van der Waals surface area contributed by atoms with Crippen LogP contribution in [0.5, 0.6) is 0 Å². The highest BCUT2D eigenvalue weighted by molar-refractivity contribution is 7.19. The second kappa shape index (κ2) is 6.20. The molecule has 3 aromatic heterocycles. The Labute approximate surface area is 143 Å². The SMILES string of the molecule is CCNc1ncnc2sc3c(c12)CCN(C(=O)Cn1ccnc1)C3. The van der Waals surface area contributed by atoms with Gasteiger partial charge in [0.25, 0.3) is 0 Å². The molecule has 0 radical (unpaired) electrons. The highest BCUT2D eigenvalue weighted by atomic mass is 32.1. The molecule has 124 valence electrons. The van der Waals surface area contributed by atoms with E-state index in [1.54, 1.807) is 34.8 Å². The van der Waals surface area contributed by atoms with Crippen molar-refractivity contribution in [2.24, 2.45) is 0 Å². The van der Waals surface area contributed by atoms with Gasteiger partial charge in [0.2, 0.25) is 5.91 Å². The molecule has 1 N–H and O–H groups in total. The normalized spacial score (nSPS) is 14.0. The molecule has 0 aliphatic carbocycles. The third-order valence-corrected chi connectivity index (χ3v) is 5.34. The van der Waals surface area contributed by atoms with Crippen LogP contribution in [-0.2, 0) is 24.3 Å². The van der Waals surface area contributed by atoms with Gasteiger partial charge in [-0.25, -0.2) is 15.0 Å². The van der Waals surface area contributed by atoms with E-state index in [2.05, 4.69) is 27.2 Å². The minimum Gasteiger partial charge on any atom is -0.370 e. The Balaban J connectivity index is 1.60. The molecular weight excluding hydrogens is 324 g/mol. The Bertz CT molecular complexity index is 872. The van der Waals surface area contributed by atoms with Crippen LogP contribution in [-0.4, -0.2) is 43.4 Å². The number of rotatable bonds is 4. The summed E-state index contributed by atoms with van der Waals surface area (Å²) in [5, 5.41) is 4.44. The summed E-state index contributed by atoms with van der Waals surface area (Å²) in [6.07, 6.45) is 7.62. The molecular formula is C16H18N6OS. The van der Waals surface area contributed by atoms with Crippen LogP contribution in [0.1, 0.15) is 17.4 Å². The zero-order valence-corrected chi connectivity index (χ0v) is 14.2. The minimum absolute atomic E-state index is 0.120. The van der Waals surface area contributed by atoms with Crippen molar-refractivity contribution < 1.29 is 4.79 Å². The number of thiophene rings is 1. The van der Waals surface area contributed by atoms with E-state index in [4.69, 9.17) is 0 Å². The second-order valence-electron chi connectivity index (χ2n) is 5.74. The molecule has 0 bridgehead atoms. The smallest absolute Gasteiger partial charge is 0.242 e. The Kier molecular flexibility index (Phi) is 3.89. The minimum atomic E-state index is 0.120. The molecule has 4 rings (SSSR count). The molecule has 1 aliphatic heterocycles. The third kappa shape index (κ3) is 2.62. The van der Waals surface area contributed by atoms with Crippen LogP contribution in [0.4, 0.5) is 5.82 Å². The topological polar surface area (TPSA) is 75.9 Å². The maximum absolute atomic E-state index is 12.5. The summed E-state index contributed by atoms with van der Waals surface area (Å²) in [7, 11) is 0. The van der Waals surface area contributed by atoms with Gasteiger partial charge in [-0.05, 0) is 18.9 Å². The number of nitrogens with zero attached hydrogens (tertiary/aromatic N) is 5. The lowest BCUT2D eigenvalue weighted by molar-refractivity contribution is -0.132. The number of anilines is 1. The summed E-state index contributed by atoms with van der Waals surface area (Å²) in [5.74, 6) is 1.02. The van der Waals surface area contributed by atoms with Crippen LogP contribution in [0.15, 0.2) is 25.0 Å². The number of carbonyl (C=O) groups excluding carboxylic acids is 1. The van der Waals surface area contributed by atoms with E-state index in [0.29, 0.717) is 13.1 Å². The molecule has 1 amide bonds. The molecule has 8 heteroatoms. The predicted octanol–water partition coefficient (Wildman–Crippen LogP) is 1.90. The predicted molar refractivity (Wildman–Crippen MR) is 92.9 cm³/mol. The lowest BCUT2D eigenvalue weighted by Crippen LogP contribution is -2.37. The van der Waals surface area contributed by atoms with Gasteiger partial charge in [0.1, 0.15) is 23.5 Å². The average Bonchev–Trinajstić information content (AvgIpc) is 3.21. The Hall–Kier alpha value is -2.48. The van der Waals surface area contributed by atoms with Crippen LogP contribution in [0, 0.1) is 0 Å². The molecule has 0 unspecified atom stereocenters. The lowest BCUT2D eigenvalue weighted by Gasteiger charge is -2.27. The lowest BCUT2D eigenvalue weighted by atomic mass is 10.0. The summed E-state index contributed by atoms with van der Waals surface area (Å²) >= 11 is 1.66. The molecule has 24 heavy (non-hydrogen) atoms. The molecule has 0 spiro atoms. The molecule has 0 atom stereocenters. The van der Waals surface area contributed by atoms with E-state index in [-0.39, 0.29) is 5.91 Å². The first-order chi connectivity index (χ1) is 11.8. The Morgan fingerprint density at radius 1 is 1.42 bits per heavy atom. The van der Waals surface area contributed by atoms with E-state index in [1.807, 2.05) is 11.1 Å². The van der Waals surface area contributed by atoms with E-state index in [1.165, 1.54) is 10.4 Å². The molecule has 0 fully saturated rings. The van der Waals surface area contributed by atoms with Crippen molar-refractivity contribution >= 4 is 33.3 Å². The standard InChI is InChI=1S/C16H18N6OS/c1-2-18-15-14-11-3-5-22(13(23)8-21-6-4-17-10-21)7-12(11)24-16(14)20-9-19-15/h4,6,9-10H,2-3,5,7-8H2,1H3,(H,18,19,20). The maximum atomic E-state index is 12.5. The van der Waals surface area contributed by atoms with Crippen LogP contribution >= 0.6 is 11.3 Å². The van der Waals surface area contributed by atoms with Gasteiger partial charge in [0, 0.05) is 30.4 Å². The molecule has 0 aromatic carbocycles. The van der Waals surface area contributed by atoms with Crippen molar-refractivity contribution in [2.45, 2.75) is 26.4 Å². The van der Waals surface area contributed by atoms with E-state index in [9.17, 15) is 4.79 Å². The van der Waals surface area contributed by atoms with Gasteiger partial charge in [-0.1, -0.05) is 0 Å². The average molecular weight is 342 g/mol. The zero-order chi connectivity index (χ0) is 16.5. The number of carbonyl (C=O) groups is 1. The van der Waals surface area contributed by atoms with E-state index < -0.39 is 0 Å². The fraction of sp³-hybridized carbons (Fsp3) is 0.375. The quantitative estimate of drug-likeness (QED) is 0.784. The first-order valence-corrected chi connectivity index (χ1v) is 8.80. The molecule has 0 saturated carbocycles. The highest BCUT2D eigenvalue weighted by Gasteiger charge is 2.26. The monoisotopic (exact) mass is 342 g/mol. The molecule has 1 aliphatic rings. The van der Waals surface area contributed by atoms with Crippen molar-refractivity contribution in [2.75, 3.05) is 18.4 Å². The molecule has 3 aromatic rings. The number of imidazole rings is 1. The van der Waals surface area contributed by atoms with Crippen LogP contribution in [0.3, 0.4) is 0 Å². The molecule has 0 saturated heterocycles. The number of hydrogen-bond donors (Lipinski definition) is 1. The van der Waals surface area contributed by atoms with Gasteiger partial charge < -0.3 is 14.8 Å². The van der Waals surface area contributed by atoms with Crippen LogP contribution < -0.4 is 5.32 Å². The highest BCUT2D eigenvalue weighted by Crippen LogP contribution is 2.37. The number of amides is 1. The van der Waals surface area contributed by atoms with Crippen molar-refractivity contribution in [3.05, 3.63) is 35.5 Å². The van der Waals surface area contributed by atoms with Crippen LogP contribution in [0.25, 0.3) is 10.2 Å². The number of nitrogens with one attached hydrogen (secondary N) is 1. The maximum Gasteiger partial charge on any atom is 0.242 e.